The van der Waals surface area contributed by atoms with Gasteiger partial charge in [0.2, 0.25) is 0 Å². The maximum absolute atomic E-state index is 11.1. The molecule has 0 unspecified atom stereocenters. The van der Waals surface area contributed by atoms with Gasteiger partial charge in [0.25, 0.3) is 5.56 Å². The molecule has 0 fully saturated rings. The third-order valence-electron chi connectivity index (χ3n) is 1.43. The lowest BCUT2D eigenvalue weighted by Crippen LogP contribution is -2.29. The highest BCUT2D eigenvalue weighted by Crippen LogP contribution is 1.97. The fraction of sp³-hybridized carbons (Fsp3) is 0.429. The lowest BCUT2D eigenvalue weighted by Gasteiger charge is -2.01. The molecular formula is C7H9BrN2O2. The Labute approximate surface area is 77.4 Å². The molecule has 0 aromatic carbocycles. The minimum Gasteiger partial charge on any atom is -0.299 e. The summed E-state index contributed by atoms with van der Waals surface area (Å²) in [6, 6.07) is 0. The number of rotatable bonds is 2. The highest BCUT2D eigenvalue weighted by Gasteiger charge is 1.99. The third kappa shape index (κ3) is 1.85. The Morgan fingerprint density at radius 1 is 1.58 bits per heavy atom. The Hall–Kier alpha value is -0.840. The van der Waals surface area contributed by atoms with Crippen molar-refractivity contribution in [1.82, 2.24) is 9.55 Å². The lowest BCUT2D eigenvalue weighted by atomic mass is 10.5. The molecule has 1 aromatic rings. The second kappa shape index (κ2) is 3.71. The maximum Gasteiger partial charge on any atom is 0.328 e. The van der Waals surface area contributed by atoms with Crippen LogP contribution in [0.2, 0.25) is 0 Å². The summed E-state index contributed by atoms with van der Waals surface area (Å²) >= 11 is 3.05. The Morgan fingerprint density at radius 2 is 2.25 bits per heavy atom. The highest BCUT2D eigenvalue weighted by atomic mass is 79.9. The van der Waals surface area contributed by atoms with Crippen LogP contribution >= 0.6 is 15.9 Å². The van der Waals surface area contributed by atoms with Crippen LogP contribution in [0.5, 0.6) is 0 Å². The Balaban J connectivity index is 3.24. The minimum absolute atomic E-state index is 0.356. The third-order valence-corrected chi connectivity index (χ3v) is 2.00. The number of nitrogens with one attached hydrogen (secondary N) is 1. The van der Waals surface area contributed by atoms with Crippen molar-refractivity contribution in [3.05, 3.63) is 31.5 Å². The summed E-state index contributed by atoms with van der Waals surface area (Å²) in [6.45, 7) is 2.58. The fourth-order valence-electron chi connectivity index (χ4n) is 0.890. The summed E-state index contributed by atoms with van der Waals surface area (Å²) in [6.07, 6.45) is 2.36. The van der Waals surface area contributed by atoms with Crippen molar-refractivity contribution < 1.29 is 0 Å². The lowest BCUT2D eigenvalue weighted by molar-refractivity contribution is 0.629. The van der Waals surface area contributed by atoms with E-state index in [0.717, 1.165) is 6.42 Å². The van der Waals surface area contributed by atoms with Gasteiger partial charge in [0.1, 0.15) is 0 Å². The van der Waals surface area contributed by atoms with Gasteiger partial charge in [-0.1, -0.05) is 6.92 Å². The van der Waals surface area contributed by atoms with Crippen molar-refractivity contribution in [1.29, 1.82) is 0 Å². The van der Waals surface area contributed by atoms with Crippen molar-refractivity contribution >= 4 is 15.9 Å². The molecule has 0 radical (unpaired) electrons. The van der Waals surface area contributed by atoms with Crippen molar-refractivity contribution in [2.75, 3.05) is 0 Å². The molecule has 5 heteroatoms. The summed E-state index contributed by atoms with van der Waals surface area (Å²) in [4.78, 5) is 24.1. The summed E-state index contributed by atoms with van der Waals surface area (Å²) in [5.41, 5.74) is -0.739. The molecule has 0 saturated heterocycles. The zero-order valence-corrected chi connectivity index (χ0v) is 8.22. The van der Waals surface area contributed by atoms with Crippen molar-refractivity contribution in [3.8, 4) is 0 Å². The molecule has 0 atom stereocenters. The summed E-state index contributed by atoms with van der Waals surface area (Å²) in [7, 11) is 0. The molecule has 4 nitrogen and oxygen atoms in total. The van der Waals surface area contributed by atoms with Crippen LogP contribution in [0.25, 0.3) is 0 Å². The maximum atomic E-state index is 11.1. The molecule has 0 aliphatic heterocycles. The van der Waals surface area contributed by atoms with E-state index in [0.29, 0.717) is 11.0 Å². The normalized spacial score (nSPS) is 10.2. The molecule has 1 aromatic heterocycles. The van der Waals surface area contributed by atoms with E-state index in [1.54, 1.807) is 0 Å². The van der Waals surface area contributed by atoms with Crippen LogP contribution in [0.1, 0.15) is 13.3 Å². The predicted octanol–water partition coefficient (Wildman–Crippen LogP) is 0.709. The Bertz CT molecular complexity index is 380. The van der Waals surface area contributed by atoms with Crippen molar-refractivity contribution in [3.63, 3.8) is 0 Å². The number of H-pyrrole nitrogens is 1. The van der Waals surface area contributed by atoms with Crippen molar-refractivity contribution in [2.45, 2.75) is 19.9 Å². The summed E-state index contributed by atoms with van der Waals surface area (Å²) < 4.78 is 1.85. The zero-order chi connectivity index (χ0) is 9.14. The molecule has 1 heterocycles. The number of hydrogen-bond acceptors (Lipinski definition) is 2. The van der Waals surface area contributed by atoms with E-state index < -0.39 is 0 Å². The number of aromatic amines is 1. The van der Waals surface area contributed by atoms with E-state index in [1.165, 1.54) is 10.8 Å². The molecule has 0 aliphatic rings. The van der Waals surface area contributed by atoms with Gasteiger partial charge in [-0.15, -0.1) is 0 Å². The van der Waals surface area contributed by atoms with Crippen LogP contribution in [0, 0.1) is 0 Å². The molecule has 0 spiro atoms. The van der Waals surface area contributed by atoms with Crippen LogP contribution in [0.15, 0.2) is 20.3 Å². The van der Waals surface area contributed by atoms with E-state index in [9.17, 15) is 9.59 Å². The molecule has 66 valence electrons. The zero-order valence-electron chi connectivity index (χ0n) is 6.63. The summed E-state index contributed by atoms with van der Waals surface area (Å²) in [5.74, 6) is 0. The van der Waals surface area contributed by atoms with E-state index in [4.69, 9.17) is 0 Å². The Morgan fingerprint density at radius 3 is 2.83 bits per heavy atom. The van der Waals surface area contributed by atoms with E-state index in [-0.39, 0.29) is 11.2 Å². The number of hydrogen-bond donors (Lipinski definition) is 1. The molecule has 0 amide bonds. The van der Waals surface area contributed by atoms with Crippen LogP contribution in [-0.4, -0.2) is 9.55 Å². The molecule has 0 saturated carbocycles. The van der Waals surface area contributed by atoms with Crippen LogP contribution in [0.3, 0.4) is 0 Å². The largest absolute Gasteiger partial charge is 0.328 e. The van der Waals surface area contributed by atoms with E-state index in [1.807, 2.05) is 6.92 Å². The van der Waals surface area contributed by atoms with E-state index in [2.05, 4.69) is 20.9 Å². The first-order valence-corrected chi connectivity index (χ1v) is 4.43. The predicted molar refractivity (Wildman–Crippen MR) is 49.3 cm³/mol. The molecule has 0 aliphatic carbocycles. The van der Waals surface area contributed by atoms with Crippen LogP contribution in [-0.2, 0) is 6.54 Å². The molecular weight excluding hydrogens is 224 g/mol. The molecule has 12 heavy (non-hydrogen) atoms. The second-order valence-corrected chi connectivity index (χ2v) is 3.28. The molecule has 1 rings (SSSR count). The van der Waals surface area contributed by atoms with Gasteiger partial charge in [-0.05, 0) is 22.4 Å². The average Bonchev–Trinajstić information content (AvgIpc) is 2.01. The van der Waals surface area contributed by atoms with Gasteiger partial charge in [0.15, 0.2) is 0 Å². The standard InChI is InChI=1S/C7H9BrN2O2/c1-2-3-10-4-5(8)6(11)9-7(10)12/h4H,2-3H2,1H3,(H,9,11,12). The first-order valence-electron chi connectivity index (χ1n) is 3.64. The summed E-state index contributed by atoms with van der Waals surface area (Å²) in [5, 5.41) is 0. The fourth-order valence-corrected chi connectivity index (χ4v) is 1.24. The minimum atomic E-state index is -0.382. The van der Waals surface area contributed by atoms with Gasteiger partial charge in [-0.2, -0.15) is 0 Å². The van der Waals surface area contributed by atoms with Crippen LogP contribution < -0.4 is 11.2 Å². The smallest absolute Gasteiger partial charge is 0.299 e. The van der Waals surface area contributed by atoms with Gasteiger partial charge >= 0.3 is 5.69 Å². The molecule has 1 N–H and O–H groups in total. The topological polar surface area (TPSA) is 54.9 Å². The van der Waals surface area contributed by atoms with Gasteiger partial charge < -0.3 is 0 Å². The second-order valence-electron chi connectivity index (χ2n) is 2.43. The van der Waals surface area contributed by atoms with Gasteiger partial charge in [-0.3, -0.25) is 14.3 Å². The monoisotopic (exact) mass is 232 g/mol. The van der Waals surface area contributed by atoms with Gasteiger partial charge in [0.05, 0.1) is 4.47 Å². The quantitative estimate of drug-likeness (QED) is 0.817. The van der Waals surface area contributed by atoms with Crippen molar-refractivity contribution in [2.24, 2.45) is 0 Å². The Kier molecular flexibility index (Phi) is 2.86. The number of halogens is 1. The van der Waals surface area contributed by atoms with Gasteiger partial charge in [-0.25, -0.2) is 4.79 Å². The first-order chi connectivity index (χ1) is 5.65. The SMILES string of the molecule is CCCn1cc(Br)c(=O)[nH]c1=O. The van der Waals surface area contributed by atoms with Crippen LogP contribution in [0.4, 0.5) is 0 Å². The van der Waals surface area contributed by atoms with E-state index >= 15 is 0 Å². The number of nitrogens with zero attached hydrogens (tertiary/aromatic N) is 1. The highest BCUT2D eigenvalue weighted by molar-refractivity contribution is 9.10. The molecule has 0 bridgehead atoms. The average molecular weight is 233 g/mol. The number of aromatic nitrogens is 2. The van der Waals surface area contributed by atoms with Gasteiger partial charge in [0, 0.05) is 12.7 Å². The number of aryl methyl sites for hydroxylation is 1. The first kappa shape index (κ1) is 9.25.